The van der Waals surface area contributed by atoms with E-state index in [1.165, 1.54) is 24.1 Å². The van der Waals surface area contributed by atoms with Gasteiger partial charge in [-0.05, 0) is 64.7 Å². The van der Waals surface area contributed by atoms with E-state index in [2.05, 4.69) is 33.8 Å². The Balaban J connectivity index is 2.31. The molecule has 0 aliphatic heterocycles. The molecule has 0 unspecified atom stereocenters. The lowest BCUT2D eigenvalue weighted by atomic mass is 10.1. The highest BCUT2D eigenvalue weighted by atomic mass is 16.5. The van der Waals surface area contributed by atoms with Crippen LogP contribution in [0.1, 0.15) is 60.3 Å². The van der Waals surface area contributed by atoms with Crippen LogP contribution in [0, 0.1) is 0 Å². The first-order chi connectivity index (χ1) is 15.8. The van der Waals surface area contributed by atoms with Gasteiger partial charge in [0.05, 0.1) is 12.0 Å². The van der Waals surface area contributed by atoms with E-state index in [0.29, 0.717) is 24.2 Å². The summed E-state index contributed by atoms with van der Waals surface area (Å²) in [7, 11) is 0. The lowest BCUT2D eigenvalue weighted by Crippen LogP contribution is -2.11. The molecule has 0 aliphatic carbocycles. The number of carbonyl (C=O) groups is 1. The second kappa shape index (κ2) is 13.3. The molecule has 0 radical (unpaired) electrons. The molecule has 0 atom stereocenters. The molecule has 1 aromatic carbocycles. The van der Waals surface area contributed by atoms with Crippen LogP contribution in [0.2, 0.25) is 0 Å². The Labute approximate surface area is 195 Å². The number of hydrogen-bond acceptors (Lipinski definition) is 6. The normalized spacial score (nSPS) is 11.6. The van der Waals surface area contributed by atoms with Gasteiger partial charge in [-0.2, -0.15) is 0 Å². The van der Waals surface area contributed by atoms with Crippen molar-refractivity contribution in [3.63, 3.8) is 0 Å². The van der Waals surface area contributed by atoms with Crippen LogP contribution in [0.5, 0.6) is 17.2 Å². The molecule has 2 rings (SSSR count). The van der Waals surface area contributed by atoms with Crippen molar-refractivity contribution in [2.24, 2.45) is 0 Å². The van der Waals surface area contributed by atoms with Crippen molar-refractivity contribution >= 4 is 16.9 Å². The number of fused-ring (bicyclic) bond motifs is 1. The first-order valence-corrected chi connectivity index (χ1v) is 11.3. The fourth-order valence-corrected chi connectivity index (χ4v) is 3.10. The van der Waals surface area contributed by atoms with Crippen LogP contribution >= 0.6 is 0 Å². The number of benzene rings is 1. The van der Waals surface area contributed by atoms with Crippen LogP contribution in [-0.2, 0) is 4.79 Å². The van der Waals surface area contributed by atoms with Crippen molar-refractivity contribution in [2.75, 3.05) is 13.2 Å². The highest BCUT2D eigenvalue weighted by Gasteiger charge is 2.18. The molecule has 0 aliphatic rings. The maximum atomic E-state index is 12.7. The maximum Gasteiger partial charge on any atom is 0.383 e. The summed E-state index contributed by atoms with van der Waals surface area (Å²) in [5.74, 6) is 0.200. The van der Waals surface area contributed by atoms with Gasteiger partial charge < -0.3 is 18.6 Å². The average Bonchev–Trinajstić information content (AvgIpc) is 2.74. The largest absolute Gasteiger partial charge is 0.485 e. The minimum Gasteiger partial charge on any atom is -0.485 e. The van der Waals surface area contributed by atoms with E-state index in [4.69, 9.17) is 18.6 Å². The Morgan fingerprint density at radius 2 is 1.79 bits per heavy atom. The summed E-state index contributed by atoms with van der Waals surface area (Å²) >= 11 is 0. The van der Waals surface area contributed by atoms with Gasteiger partial charge in [0, 0.05) is 13.0 Å². The lowest BCUT2D eigenvalue weighted by Gasteiger charge is -2.13. The van der Waals surface area contributed by atoms with Crippen LogP contribution in [0.4, 0.5) is 0 Å². The Kier molecular flexibility index (Phi) is 10.5. The predicted octanol–water partition coefficient (Wildman–Crippen LogP) is 6.52. The van der Waals surface area contributed by atoms with Gasteiger partial charge in [0.25, 0.3) is 0 Å². The third-order valence-electron chi connectivity index (χ3n) is 4.74. The molecule has 0 bridgehead atoms. The van der Waals surface area contributed by atoms with Gasteiger partial charge in [0.1, 0.15) is 17.9 Å². The van der Waals surface area contributed by atoms with Crippen LogP contribution in [-0.4, -0.2) is 19.2 Å². The number of ether oxygens (including phenoxy) is 3. The van der Waals surface area contributed by atoms with Gasteiger partial charge in [0.2, 0.25) is 5.75 Å². The molecule has 0 spiro atoms. The fraction of sp³-hybridized carbons (Fsp3) is 0.407. The summed E-state index contributed by atoms with van der Waals surface area (Å²) in [6.45, 7) is 10.2. The van der Waals surface area contributed by atoms with Crippen LogP contribution in [0.25, 0.3) is 11.0 Å². The number of carbonyl (C=O) groups excluding carboxylic acids is 1. The van der Waals surface area contributed by atoms with Crippen molar-refractivity contribution in [3.8, 4) is 17.2 Å². The molecule has 33 heavy (non-hydrogen) atoms. The third kappa shape index (κ3) is 8.64. The fourth-order valence-electron chi connectivity index (χ4n) is 3.10. The zero-order valence-corrected chi connectivity index (χ0v) is 20.2. The third-order valence-corrected chi connectivity index (χ3v) is 4.74. The molecule has 0 N–H and O–H groups in total. The van der Waals surface area contributed by atoms with Crippen LogP contribution in [0.3, 0.4) is 0 Å². The molecule has 0 fully saturated rings. The van der Waals surface area contributed by atoms with Crippen molar-refractivity contribution in [1.29, 1.82) is 0 Å². The highest BCUT2D eigenvalue weighted by molar-refractivity contribution is 5.87. The van der Waals surface area contributed by atoms with E-state index in [-0.39, 0.29) is 23.7 Å². The summed E-state index contributed by atoms with van der Waals surface area (Å²) in [4.78, 5) is 24.0. The predicted molar refractivity (Wildman–Crippen MR) is 131 cm³/mol. The van der Waals surface area contributed by atoms with Crippen molar-refractivity contribution in [1.82, 2.24) is 0 Å². The molecule has 6 nitrogen and oxygen atoms in total. The Morgan fingerprint density at radius 1 is 1.00 bits per heavy atom. The molecule has 0 saturated heterocycles. The van der Waals surface area contributed by atoms with E-state index in [1.807, 2.05) is 18.2 Å². The topological polar surface area (TPSA) is 75.0 Å². The summed E-state index contributed by atoms with van der Waals surface area (Å²) in [6.07, 6.45) is 11.8. The highest BCUT2D eigenvalue weighted by Crippen LogP contribution is 2.35. The molecule has 0 saturated carbocycles. The number of rotatable bonds is 12. The minimum absolute atomic E-state index is 0.0447. The Morgan fingerprint density at radius 3 is 2.48 bits per heavy atom. The van der Waals surface area contributed by atoms with Crippen LogP contribution in [0.15, 0.2) is 62.9 Å². The number of esters is 1. The maximum absolute atomic E-state index is 12.7. The van der Waals surface area contributed by atoms with Crippen molar-refractivity contribution < 1.29 is 23.4 Å². The van der Waals surface area contributed by atoms with E-state index >= 15 is 0 Å². The molecular weight excluding hydrogens is 420 g/mol. The molecule has 1 aromatic heterocycles. The second-order valence-electron chi connectivity index (χ2n) is 8.00. The quantitative estimate of drug-likeness (QED) is 0.119. The summed E-state index contributed by atoms with van der Waals surface area (Å²) in [6, 6.07) is 4.82. The lowest BCUT2D eigenvalue weighted by molar-refractivity contribution is -0.131. The van der Waals surface area contributed by atoms with Gasteiger partial charge in [-0.15, -0.1) is 0 Å². The van der Waals surface area contributed by atoms with Gasteiger partial charge in [-0.3, -0.25) is 4.79 Å². The molecular formula is C27H34O6. The van der Waals surface area contributed by atoms with Gasteiger partial charge in [-0.25, -0.2) is 4.79 Å². The molecule has 2 aromatic rings. The first kappa shape index (κ1) is 26.0. The van der Waals surface area contributed by atoms with E-state index in [9.17, 15) is 9.59 Å². The van der Waals surface area contributed by atoms with Gasteiger partial charge in [-0.1, -0.05) is 36.3 Å². The Hall–Kier alpha value is -3.28. The van der Waals surface area contributed by atoms with E-state index in [0.717, 1.165) is 19.3 Å². The van der Waals surface area contributed by atoms with Crippen molar-refractivity contribution in [3.05, 3.63) is 64.1 Å². The first-order valence-electron chi connectivity index (χ1n) is 11.3. The Bertz CT molecular complexity index is 1080. The standard InChI is InChI=1S/C27H34O6/c1-6-7-8-9-16-30-26-25(31-17-15-20(4)12-10-11-19(2)3)23-14-13-22(32-21(5)28)18-24(23)33-27(26)29/h7-8,11,13-15,18H,6,9-10,12,16-17H2,1-5H3/b8-7+,20-15+. The smallest absolute Gasteiger partial charge is 0.383 e. The molecule has 0 amide bonds. The van der Waals surface area contributed by atoms with E-state index in [1.54, 1.807) is 12.1 Å². The summed E-state index contributed by atoms with van der Waals surface area (Å²) < 4.78 is 22.3. The molecule has 6 heteroatoms. The van der Waals surface area contributed by atoms with Crippen LogP contribution < -0.4 is 19.8 Å². The van der Waals surface area contributed by atoms with Gasteiger partial charge >= 0.3 is 11.6 Å². The summed E-state index contributed by atoms with van der Waals surface area (Å²) in [5.41, 5.74) is 2.12. The van der Waals surface area contributed by atoms with Gasteiger partial charge in [0.15, 0.2) is 5.75 Å². The second-order valence-corrected chi connectivity index (χ2v) is 8.00. The summed E-state index contributed by atoms with van der Waals surface area (Å²) in [5, 5.41) is 0.570. The zero-order valence-electron chi connectivity index (χ0n) is 20.2. The zero-order chi connectivity index (χ0) is 24.2. The monoisotopic (exact) mass is 454 g/mol. The SMILES string of the molecule is CC/C=C/CCOc1c(OC/C=C(\C)CCC=C(C)C)c2ccc(OC(C)=O)cc2oc1=O. The number of allylic oxidation sites excluding steroid dienone is 4. The average molecular weight is 455 g/mol. The van der Waals surface area contributed by atoms with Crippen molar-refractivity contribution in [2.45, 2.75) is 60.3 Å². The van der Waals surface area contributed by atoms with E-state index < -0.39 is 11.6 Å². The molecule has 1 heterocycles. The minimum atomic E-state index is -0.638. The molecule has 178 valence electrons. The number of hydrogen-bond donors (Lipinski definition) is 0.